The molecule has 0 spiro atoms. The fraction of sp³-hybridized carbons (Fsp3) is 0.235. The summed E-state index contributed by atoms with van der Waals surface area (Å²) in [4.78, 5) is 12.0. The van der Waals surface area contributed by atoms with Crippen molar-refractivity contribution in [2.24, 2.45) is 0 Å². The van der Waals surface area contributed by atoms with Gasteiger partial charge in [0.2, 0.25) is 0 Å². The van der Waals surface area contributed by atoms with Crippen molar-refractivity contribution in [3.63, 3.8) is 0 Å². The molecule has 0 aliphatic carbocycles. The maximum absolute atomic E-state index is 13.6. The molecule has 0 bridgehead atoms. The molecule has 0 unspecified atom stereocenters. The van der Waals surface area contributed by atoms with Crippen LogP contribution in [-0.2, 0) is 11.3 Å². The molecular formula is C17H15FN2O5. The first-order valence-corrected chi connectivity index (χ1v) is 7.38. The van der Waals surface area contributed by atoms with Gasteiger partial charge in [-0.2, -0.15) is 0 Å². The number of rotatable bonds is 5. The number of ether oxygens (including phenoxy) is 2. The van der Waals surface area contributed by atoms with Crippen molar-refractivity contribution >= 4 is 5.97 Å². The Morgan fingerprint density at radius 1 is 1.20 bits per heavy atom. The van der Waals surface area contributed by atoms with Crippen molar-refractivity contribution in [2.45, 2.75) is 20.5 Å². The minimum Gasteiger partial charge on any atom is -0.494 e. The van der Waals surface area contributed by atoms with Crippen LogP contribution in [0.25, 0.3) is 11.5 Å². The number of esters is 1. The van der Waals surface area contributed by atoms with Gasteiger partial charge in [0.1, 0.15) is 11.5 Å². The van der Waals surface area contributed by atoms with Crippen LogP contribution in [-0.4, -0.2) is 23.3 Å². The highest BCUT2D eigenvalue weighted by atomic mass is 19.1. The van der Waals surface area contributed by atoms with Crippen LogP contribution < -0.4 is 4.74 Å². The summed E-state index contributed by atoms with van der Waals surface area (Å²) in [6, 6.07) is 5.57. The van der Waals surface area contributed by atoms with Crippen LogP contribution in [0.2, 0.25) is 0 Å². The van der Waals surface area contributed by atoms with Gasteiger partial charge >= 0.3 is 5.97 Å². The van der Waals surface area contributed by atoms with Gasteiger partial charge in [-0.15, -0.1) is 10.2 Å². The molecule has 3 aromatic rings. The van der Waals surface area contributed by atoms with Gasteiger partial charge in [-0.3, -0.25) is 0 Å². The van der Waals surface area contributed by atoms with E-state index < -0.39 is 11.8 Å². The normalized spacial score (nSPS) is 10.7. The van der Waals surface area contributed by atoms with Crippen molar-refractivity contribution in [1.29, 1.82) is 0 Å². The van der Waals surface area contributed by atoms with E-state index in [4.69, 9.17) is 18.3 Å². The van der Waals surface area contributed by atoms with E-state index in [2.05, 4.69) is 10.2 Å². The number of furan rings is 1. The summed E-state index contributed by atoms with van der Waals surface area (Å²) in [6.07, 6.45) is 0. The molecule has 130 valence electrons. The van der Waals surface area contributed by atoms with Crippen molar-refractivity contribution in [2.75, 3.05) is 7.11 Å². The molecule has 1 aromatic carbocycles. The standard InChI is InChI=1S/C17H15FN2O5/c1-9-6-12(10(2)24-9)16-20-19-15(25-16)8-23-17(21)11-4-5-14(22-3)13(18)7-11/h4-7H,8H2,1-3H3. The minimum absolute atomic E-state index is 0.0452. The van der Waals surface area contributed by atoms with Gasteiger partial charge < -0.3 is 18.3 Å². The molecular weight excluding hydrogens is 331 g/mol. The molecule has 25 heavy (non-hydrogen) atoms. The minimum atomic E-state index is -0.711. The van der Waals surface area contributed by atoms with Gasteiger partial charge in [-0.1, -0.05) is 0 Å². The number of methoxy groups -OCH3 is 1. The van der Waals surface area contributed by atoms with E-state index in [9.17, 15) is 9.18 Å². The topological polar surface area (TPSA) is 87.6 Å². The number of aromatic nitrogens is 2. The van der Waals surface area contributed by atoms with Crippen molar-refractivity contribution in [1.82, 2.24) is 10.2 Å². The molecule has 0 atom stereocenters. The lowest BCUT2D eigenvalue weighted by molar-refractivity contribution is 0.0438. The second-order valence-electron chi connectivity index (χ2n) is 5.25. The Hall–Kier alpha value is -3.16. The number of carbonyl (C=O) groups is 1. The van der Waals surface area contributed by atoms with Crippen LogP contribution in [0.15, 0.2) is 33.1 Å². The summed E-state index contributed by atoms with van der Waals surface area (Å²) in [5.74, 6) is 0.452. The average Bonchev–Trinajstić information content (AvgIpc) is 3.18. The largest absolute Gasteiger partial charge is 0.494 e. The average molecular weight is 346 g/mol. The number of carbonyl (C=O) groups excluding carboxylic acids is 1. The van der Waals surface area contributed by atoms with Crippen molar-refractivity contribution in [3.05, 3.63) is 53.1 Å². The number of hydrogen-bond acceptors (Lipinski definition) is 7. The molecule has 0 amide bonds. The third-order valence-corrected chi connectivity index (χ3v) is 3.45. The fourth-order valence-corrected chi connectivity index (χ4v) is 2.27. The molecule has 0 saturated heterocycles. The number of hydrogen-bond donors (Lipinski definition) is 0. The van der Waals surface area contributed by atoms with Gasteiger partial charge in [0.15, 0.2) is 18.2 Å². The first-order valence-electron chi connectivity index (χ1n) is 7.38. The quantitative estimate of drug-likeness (QED) is 0.654. The fourth-order valence-electron chi connectivity index (χ4n) is 2.27. The van der Waals surface area contributed by atoms with Gasteiger partial charge in [0.05, 0.1) is 18.2 Å². The van der Waals surface area contributed by atoms with E-state index in [1.807, 2.05) is 6.92 Å². The summed E-state index contributed by atoms with van der Waals surface area (Å²) in [7, 11) is 1.34. The molecule has 0 aliphatic rings. The summed E-state index contributed by atoms with van der Waals surface area (Å²) < 4.78 is 34.3. The lowest BCUT2D eigenvalue weighted by Gasteiger charge is -2.05. The highest BCUT2D eigenvalue weighted by Crippen LogP contribution is 2.25. The summed E-state index contributed by atoms with van der Waals surface area (Å²) in [5.41, 5.74) is 0.735. The van der Waals surface area contributed by atoms with Crippen LogP contribution in [0.1, 0.15) is 27.8 Å². The zero-order valence-electron chi connectivity index (χ0n) is 13.8. The second kappa shape index (κ2) is 6.76. The SMILES string of the molecule is COc1ccc(C(=O)OCc2nnc(-c3cc(C)oc3C)o2)cc1F. The van der Waals surface area contributed by atoms with Gasteiger partial charge in [-0.05, 0) is 38.1 Å². The van der Waals surface area contributed by atoms with Crippen molar-refractivity contribution < 1.29 is 27.5 Å². The van der Waals surface area contributed by atoms with Crippen LogP contribution in [0.5, 0.6) is 5.75 Å². The highest BCUT2D eigenvalue weighted by molar-refractivity contribution is 5.89. The zero-order chi connectivity index (χ0) is 18.0. The van der Waals surface area contributed by atoms with E-state index in [1.54, 1.807) is 13.0 Å². The summed E-state index contributed by atoms with van der Waals surface area (Å²) in [6.45, 7) is 3.36. The molecule has 3 rings (SSSR count). The summed E-state index contributed by atoms with van der Waals surface area (Å²) >= 11 is 0. The van der Waals surface area contributed by atoms with E-state index in [0.29, 0.717) is 11.3 Å². The van der Waals surface area contributed by atoms with E-state index in [-0.39, 0.29) is 29.7 Å². The maximum atomic E-state index is 13.6. The smallest absolute Gasteiger partial charge is 0.338 e. The monoisotopic (exact) mass is 346 g/mol. The van der Waals surface area contributed by atoms with Crippen molar-refractivity contribution in [3.8, 4) is 17.2 Å². The Morgan fingerprint density at radius 3 is 2.64 bits per heavy atom. The molecule has 0 N–H and O–H groups in total. The predicted octanol–water partition coefficient (Wildman–Crippen LogP) is 3.45. The van der Waals surface area contributed by atoms with Crippen LogP contribution in [0.3, 0.4) is 0 Å². The van der Waals surface area contributed by atoms with Crippen LogP contribution in [0, 0.1) is 19.7 Å². The number of halogens is 1. The van der Waals surface area contributed by atoms with Gasteiger partial charge in [0.25, 0.3) is 11.8 Å². The first-order chi connectivity index (χ1) is 12.0. The van der Waals surface area contributed by atoms with E-state index in [1.165, 1.54) is 19.2 Å². The molecule has 7 nitrogen and oxygen atoms in total. The lowest BCUT2D eigenvalue weighted by Crippen LogP contribution is -2.06. The Bertz CT molecular complexity index is 916. The molecule has 2 heterocycles. The highest BCUT2D eigenvalue weighted by Gasteiger charge is 2.17. The molecule has 0 radical (unpaired) electrons. The number of aryl methyl sites for hydroxylation is 2. The summed E-state index contributed by atoms with van der Waals surface area (Å²) in [5, 5.41) is 7.73. The molecule has 0 aliphatic heterocycles. The Kier molecular flexibility index (Phi) is 4.51. The van der Waals surface area contributed by atoms with Gasteiger partial charge in [-0.25, -0.2) is 9.18 Å². The zero-order valence-corrected chi connectivity index (χ0v) is 13.8. The number of benzene rings is 1. The van der Waals surface area contributed by atoms with Gasteiger partial charge in [0, 0.05) is 0 Å². The lowest BCUT2D eigenvalue weighted by atomic mass is 10.2. The van der Waals surface area contributed by atoms with Crippen LogP contribution >= 0.6 is 0 Å². The van der Waals surface area contributed by atoms with E-state index in [0.717, 1.165) is 11.8 Å². The Balaban J connectivity index is 1.67. The third kappa shape index (κ3) is 3.52. The van der Waals surface area contributed by atoms with Crippen LogP contribution in [0.4, 0.5) is 4.39 Å². The molecule has 0 fully saturated rings. The Labute approximate surface area is 142 Å². The number of nitrogens with zero attached hydrogens (tertiary/aromatic N) is 2. The third-order valence-electron chi connectivity index (χ3n) is 3.45. The van der Waals surface area contributed by atoms with E-state index >= 15 is 0 Å². The second-order valence-corrected chi connectivity index (χ2v) is 5.25. The first kappa shape index (κ1) is 16.7. The Morgan fingerprint density at radius 2 is 2.00 bits per heavy atom. The predicted molar refractivity (Wildman–Crippen MR) is 83.5 cm³/mol. The molecule has 8 heteroatoms. The molecule has 0 saturated carbocycles. The maximum Gasteiger partial charge on any atom is 0.338 e. The molecule has 2 aromatic heterocycles.